The quantitative estimate of drug-likeness (QED) is 0.560. The van der Waals surface area contributed by atoms with Crippen LogP contribution in [-0.4, -0.2) is 4.57 Å². The molecule has 0 aliphatic heterocycles. The number of nitrogens with zero attached hydrogens (tertiary/aromatic N) is 1. The van der Waals surface area contributed by atoms with Gasteiger partial charge in [0, 0.05) is 16.7 Å². The van der Waals surface area contributed by atoms with Crippen molar-refractivity contribution in [1.29, 1.82) is 0 Å². The van der Waals surface area contributed by atoms with Gasteiger partial charge in [0.25, 0.3) is 5.56 Å². The Labute approximate surface area is 158 Å². The van der Waals surface area contributed by atoms with Gasteiger partial charge in [0.1, 0.15) is 24.3 Å². The standard InChI is InChI=1S/C20H16BrF2NO2/c21-16-5-3-15(4-6-16)19(23)12-24-10-9-18(11-20(24)25)26-13-14-1-7-17(22)8-2-14/h1-11,19H,12-13H2. The van der Waals surface area contributed by atoms with Crippen LogP contribution in [0.2, 0.25) is 0 Å². The summed E-state index contributed by atoms with van der Waals surface area (Å²) in [7, 11) is 0. The summed E-state index contributed by atoms with van der Waals surface area (Å²) in [5.41, 5.74) is 0.952. The molecule has 0 fully saturated rings. The fraction of sp³-hybridized carbons (Fsp3) is 0.150. The first kappa shape index (κ1) is 18.3. The van der Waals surface area contributed by atoms with Crippen LogP contribution in [-0.2, 0) is 13.2 Å². The maximum atomic E-state index is 14.4. The molecule has 3 nitrogen and oxygen atoms in total. The summed E-state index contributed by atoms with van der Waals surface area (Å²) in [5.74, 6) is 0.0672. The van der Waals surface area contributed by atoms with Crippen molar-refractivity contribution in [3.8, 4) is 5.75 Å². The van der Waals surface area contributed by atoms with Crippen LogP contribution >= 0.6 is 15.9 Å². The summed E-state index contributed by atoms with van der Waals surface area (Å²) in [5, 5.41) is 0. The van der Waals surface area contributed by atoms with Crippen LogP contribution in [0.1, 0.15) is 17.3 Å². The van der Waals surface area contributed by atoms with Gasteiger partial charge in [0.2, 0.25) is 0 Å². The van der Waals surface area contributed by atoms with E-state index in [4.69, 9.17) is 4.74 Å². The molecule has 3 rings (SSSR count). The van der Waals surface area contributed by atoms with E-state index >= 15 is 0 Å². The number of pyridine rings is 1. The molecule has 1 heterocycles. The van der Waals surface area contributed by atoms with Gasteiger partial charge in [0.15, 0.2) is 0 Å². The van der Waals surface area contributed by atoms with Gasteiger partial charge in [-0.3, -0.25) is 4.79 Å². The normalized spacial score (nSPS) is 12.0. The van der Waals surface area contributed by atoms with Gasteiger partial charge in [-0.2, -0.15) is 0 Å². The first-order valence-electron chi connectivity index (χ1n) is 7.98. The Morgan fingerprint density at radius 2 is 1.73 bits per heavy atom. The molecule has 1 unspecified atom stereocenters. The molecule has 0 spiro atoms. The van der Waals surface area contributed by atoms with Crippen molar-refractivity contribution >= 4 is 15.9 Å². The summed E-state index contributed by atoms with van der Waals surface area (Å²) in [6.45, 7) is 0.146. The highest BCUT2D eigenvalue weighted by molar-refractivity contribution is 9.10. The third kappa shape index (κ3) is 4.79. The van der Waals surface area contributed by atoms with Crippen LogP contribution in [0.25, 0.3) is 0 Å². The maximum absolute atomic E-state index is 14.4. The zero-order valence-electron chi connectivity index (χ0n) is 13.7. The van der Waals surface area contributed by atoms with E-state index in [9.17, 15) is 13.6 Å². The second kappa shape index (κ2) is 8.27. The predicted molar refractivity (Wildman–Crippen MR) is 99.4 cm³/mol. The largest absolute Gasteiger partial charge is 0.489 e. The Morgan fingerprint density at radius 3 is 2.38 bits per heavy atom. The monoisotopic (exact) mass is 419 g/mol. The molecule has 0 N–H and O–H groups in total. The highest BCUT2D eigenvalue weighted by Crippen LogP contribution is 2.21. The van der Waals surface area contributed by atoms with Crippen LogP contribution in [0, 0.1) is 5.82 Å². The van der Waals surface area contributed by atoms with Gasteiger partial charge >= 0.3 is 0 Å². The Balaban J connectivity index is 1.64. The van der Waals surface area contributed by atoms with Crippen LogP contribution in [0.15, 0.2) is 76.1 Å². The Bertz CT molecular complexity index is 924. The first-order chi connectivity index (χ1) is 12.5. The second-order valence-electron chi connectivity index (χ2n) is 5.79. The minimum Gasteiger partial charge on any atom is -0.489 e. The van der Waals surface area contributed by atoms with Crippen molar-refractivity contribution in [3.05, 3.63) is 98.6 Å². The van der Waals surface area contributed by atoms with Gasteiger partial charge < -0.3 is 9.30 Å². The van der Waals surface area contributed by atoms with Crippen LogP contribution in [0.5, 0.6) is 5.75 Å². The van der Waals surface area contributed by atoms with Gasteiger partial charge in [-0.15, -0.1) is 0 Å². The first-order valence-corrected chi connectivity index (χ1v) is 8.78. The topological polar surface area (TPSA) is 31.2 Å². The van der Waals surface area contributed by atoms with Crippen LogP contribution in [0.3, 0.4) is 0 Å². The van der Waals surface area contributed by atoms with E-state index < -0.39 is 6.17 Å². The molecule has 134 valence electrons. The van der Waals surface area contributed by atoms with Gasteiger partial charge in [-0.05, 0) is 41.5 Å². The number of hydrogen-bond donors (Lipinski definition) is 0. The van der Waals surface area contributed by atoms with Crippen molar-refractivity contribution in [2.45, 2.75) is 19.3 Å². The summed E-state index contributed by atoms with van der Waals surface area (Å²) in [4.78, 5) is 12.2. The van der Waals surface area contributed by atoms with E-state index in [1.807, 2.05) is 0 Å². The maximum Gasteiger partial charge on any atom is 0.254 e. The van der Waals surface area contributed by atoms with Gasteiger partial charge in [-0.1, -0.05) is 40.2 Å². The molecule has 0 amide bonds. The highest BCUT2D eigenvalue weighted by atomic mass is 79.9. The van der Waals surface area contributed by atoms with E-state index in [1.165, 1.54) is 29.0 Å². The van der Waals surface area contributed by atoms with E-state index in [2.05, 4.69) is 15.9 Å². The van der Waals surface area contributed by atoms with Gasteiger partial charge in [0.05, 0.1) is 6.54 Å². The number of aromatic nitrogens is 1. The number of hydrogen-bond acceptors (Lipinski definition) is 2. The van der Waals surface area contributed by atoms with Crippen molar-refractivity contribution < 1.29 is 13.5 Å². The number of benzene rings is 2. The zero-order valence-corrected chi connectivity index (χ0v) is 15.3. The lowest BCUT2D eigenvalue weighted by Crippen LogP contribution is -2.21. The average molecular weight is 420 g/mol. The third-order valence-electron chi connectivity index (χ3n) is 3.88. The number of alkyl halides is 1. The Hall–Kier alpha value is -2.47. The lowest BCUT2D eigenvalue weighted by molar-refractivity contribution is 0.292. The summed E-state index contributed by atoms with van der Waals surface area (Å²) >= 11 is 3.31. The molecule has 3 aromatic rings. The summed E-state index contributed by atoms with van der Waals surface area (Å²) < 4.78 is 35.0. The molecule has 0 aliphatic carbocycles. The highest BCUT2D eigenvalue weighted by Gasteiger charge is 2.12. The fourth-order valence-electron chi connectivity index (χ4n) is 2.43. The van der Waals surface area contributed by atoms with E-state index in [0.717, 1.165) is 10.0 Å². The van der Waals surface area contributed by atoms with Crippen molar-refractivity contribution in [2.75, 3.05) is 0 Å². The minimum absolute atomic E-state index is 0.0707. The van der Waals surface area contributed by atoms with Crippen molar-refractivity contribution in [1.82, 2.24) is 4.57 Å². The number of rotatable bonds is 6. The van der Waals surface area contributed by atoms with E-state index in [0.29, 0.717) is 11.3 Å². The SMILES string of the molecule is O=c1cc(OCc2ccc(F)cc2)ccn1CC(F)c1ccc(Br)cc1. The smallest absolute Gasteiger partial charge is 0.254 e. The molecule has 1 aromatic heterocycles. The molecule has 1 atom stereocenters. The van der Waals surface area contributed by atoms with E-state index in [-0.39, 0.29) is 24.5 Å². The number of ether oxygens (including phenoxy) is 1. The fourth-order valence-corrected chi connectivity index (χ4v) is 2.69. The zero-order chi connectivity index (χ0) is 18.5. The lowest BCUT2D eigenvalue weighted by Gasteiger charge is -2.12. The summed E-state index contributed by atoms with van der Waals surface area (Å²) in [6.07, 6.45) is 0.222. The Kier molecular flexibility index (Phi) is 5.83. The molecule has 0 aliphatic rings. The molecular weight excluding hydrogens is 404 g/mol. The van der Waals surface area contributed by atoms with Crippen LogP contribution < -0.4 is 10.3 Å². The molecule has 0 bridgehead atoms. The van der Waals surface area contributed by atoms with Gasteiger partial charge in [-0.25, -0.2) is 8.78 Å². The molecule has 26 heavy (non-hydrogen) atoms. The molecule has 0 radical (unpaired) electrons. The summed E-state index contributed by atoms with van der Waals surface area (Å²) in [6, 6.07) is 15.7. The van der Waals surface area contributed by atoms with Crippen LogP contribution in [0.4, 0.5) is 8.78 Å². The molecule has 2 aromatic carbocycles. The number of halogens is 3. The molecular formula is C20H16BrF2NO2. The Morgan fingerprint density at radius 1 is 1.04 bits per heavy atom. The molecule has 0 saturated heterocycles. The molecule has 6 heteroatoms. The minimum atomic E-state index is -1.29. The lowest BCUT2D eigenvalue weighted by atomic mass is 10.1. The predicted octanol–water partition coefficient (Wildman–Crippen LogP) is 5.04. The van der Waals surface area contributed by atoms with Crippen molar-refractivity contribution in [2.24, 2.45) is 0 Å². The average Bonchev–Trinajstić information content (AvgIpc) is 2.64. The van der Waals surface area contributed by atoms with E-state index in [1.54, 1.807) is 42.5 Å². The second-order valence-corrected chi connectivity index (χ2v) is 6.70. The third-order valence-corrected chi connectivity index (χ3v) is 4.40. The molecule has 0 saturated carbocycles. The van der Waals surface area contributed by atoms with Crippen molar-refractivity contribution in [3.63, 3.8) is 0 Å².